The highest BCUT2D eigenvalue weighted by Crippen LogP contribution is 2.36. The fourth-order valence-corrected chi connectivity index (χ4v) is 5.05. The highest BCUT2D eigenvalue weighted by atomic mass is 32.2. The van der Waals surface area contributed by atoms with E-state index in [0.29, 0.717) is 22.5 Å². The van der Waals surface area contributed by atoms with Crippen LogP contribution in [0.4, 0.5) is 11.4 Å². The van der Waals surface area contributed by atoms with Gasteiger partial charge in [0.05, 0.1) is 24.9 Å². The van der Waals surface area contributed by atoms with E-state index in [2.05, 4.69) is 10.1 Å². The van der Waals surface area contributed by atoms with E-state index in [4.69, 9.17) is 0 Å². The van der Waals surface area contributed by atoms with Crippen molar-refractivity contribution in [2.24, 2.45) is 0 Å². The lowest BCUT2D eigenvalue weighted by Gasteiger charge is -2.31. The van der Waals surface area contributed by atoms with E-state index in [1.54, 1.807) is 48.5 Å². The van der Waals surface area contributed by atoms with E-state index in [-0.39, 0.29) is 11.4 Å². The van der Waals surface area contributed by atoms with Crippen LogP contribution in [0.5, 0.6) is 0 Å². The van der Waals surface area contributed by atoms with Crippen molar-refractivity contribution in [2.45, 2.75) is 13.5 Å². The standard InChI is InChI=1S/C25H22N2O5S/c1-17-7-9-18(10-8-17)16-27-22-6-4-3-5-21(22)24(28)23(33(27,30)31)15-26-20-13-11-19(12-14-20)25(29)32-2/h3-15,26H,16H2,1-2H3/b23-15+. The van der Waals surface area contributed by atoms with Crippen LogP contribution in [0.2, 0.25) is 0 Å². The van der Waals surface area contributed by atoms with Crippen LogP contribution in [-0.4, -0.2) is 27.3 Å². The van der Waals surface area contributed by atoms with Crippen LogP contribution in [0.15, 0.2) is 83.9 Å². The molecule has 8 heteroatoms. The second-order valence-electron chi connectivity index (χ2n) is 7.57. The lowest BCUT2D eigenvalue weighted by molar-refractivity contribution is 0.0600. The van der Waals surface area contributed by atoms with Crippen LogP contribution in [0.3, 0.4) is 0 Å². The van der Waals surface area contributed by atoms with E-state index < -0.39 is 21.8 Å². The Hall–Kier alpha value is -3.91. The minimum absolute atomic E-state index is 0.0953. The Morgan fingerprint density at radius 2 is 1.67 bits per heavy atom. The molecule has 1 aliphatic rings. The quantitative estimate of drug-likeness (QED) is 0.450. The number of methoxy groups -OCH3 is 1. The van der Waals surface area contributed by atoms with Gasteiger partial charge in [0.1, 0.15) is 0 Å². The van der Waals surface area contributed by atoms with Crippen LogP contribution >= 0.6 is 0 Å². The molecular formula is C25H22N2O5S. The molecule has 0 amide bonds. The fraction of sp³-hybridized carbons (Fsp3) is 0.120. The molecule has 0 spiro atoms. The summed E-state index contributed by atoms with van der Waals surface area (Å²) in [7, 11) is -2.83. The molecule has 3 aromatic carbocycles. The molecule has 1 heterocycles. The van der Waals surface area contributed by atoms with Gasteiger partial charge in [0.2, 0.25) is 5.78 Å². The number of allylic oxidation sites excluding steroid dienone is 1. The van der Waals surface area contributed by atoms with Crippen LogP contribution in [-0.2, 0) is 21.3 Å². The van der Waals surface area contributed by atoms with Gasteiger partial charge >= 0.3 is 5.97 Å². The van der Waals surface area contributed by atoms with Gasteiger partial charge in [-0.15, -0.1) is 0 Å². The van der Waals surface area contributed by atoms with E-state index >= 15 is 0 Å². The number of hydrogen-bond acceptors (Lipinski definition) is 6. The Labute approximate surface area is 192 Å². The van der Waals surface area contributed by atoms with Gasteiger partial charge in [0.15, 0.2) is 4.91 Å². The summed E-state index contributed by atoms with van der Waals surface area (Å²) in [6.45, 7) is 2.05. The van der Waals surface area contributed by atoms with Crippen molar-refractivity contribution in [3.05, 3.63) is 106 Å². The average Bonchev–Trinajstić information content (AvgIpc) is 2.82. The number of para-hydroxylation sites is 1. The van der Waals surface area contributed by atoms with Crippen molar-refractivity contribution in [3.8, 4) is 0 Å². The molecule has 3 aromatic rings. The predicted molar refractivity (Wildman–Crippen MR) is 127 cm³/mol. The van der Waals surface area contributed by atoms with Crippen molar-refractivity contribution < 1.29 is 22.7 Å². The number of hydrogen-bond donors (Lipinski definition) is 1. The van der Waals surface area contributed by atoms with Gasteiger partial charge in [-0.25, -0.2) is 13.2 Å². The molecule has 0 unspecified atom stereocenters. The van der Waals surface area contributed by atoms with Gasteiger partial charge in [0, 0.05) is 17.5 Å². The number of Topliss-reactive ketones (excluding diaryl/α,β-unsaturated/α-hetero) is 1. The average molecular weight is 463 g/mol. The molecule has 0 aromatic heterocycles. The molecule has 0 saturated heterocycles. The smallest absolute Gasteiger partial charge is 0.337 e. The van der Waals surface area contributed by atoms with Gasteiger partial charge in [-0.3, -0.25) is 9.10 Å². The highest BCUT2D eigenvalue weighted by Gasteiger charge is 2.40. The third-order valence-corrected chi connectivity index (χ3v) is 7.10. The van der Waals surface area contributed by atoms with E-state index in [0.717, 1.165) is 11.1 Å². The molecular weight excluding hydrogens is 440 g/mol. The molecule has 4 rings (SSSR count). The number of carbonyl (C=O) groups is 2. The van der Waals surface area contributed by atoms with Gasteiger partial charge in [0.25, 0.3) is 10.0 Å². The summed E-state index contributed by atoms with van der Waals surface area (Å²) in [6, 6.07) is 20.5. The van der Waals surface area contributed by atoms with Crippen molar-refractivity contribution in [1.82, 2.24) is 0 Å². The van der Waals surface area contributed by atoms with E-state index in [9.17, 15) is 18.0 Å². The zero-order chi connectivity index (χ0) is 23.6. The third kappa shape index (κ3) is 4.38. The first kappa shape index (κ1) is 22.3. The van der Waals surface area contributed by atoms with Crippen LogP contribution < -0.4 is 9.62 Å². The number of nitrogens with one attached hydrogen (secondary N) is 1. The van der Waals surface area contributed by atoms with Crippen molar-refractivity contribution in [1.29, 1.82) is 0 Å². The number of ether oxygens (including phenoxy) is 1. The van der Waals surface area contributed by atoms with Gasteiger partial charge < -0.3 is 10.1 Å². The van der Waals surface area contributed by atoms with Crippen molar-refractivity contribution in [3.63, 3.8) is 0 Å². The van der Waals surface area contributed by atoms with E-state index in [1.807, 2.05) is 31.2 Å². The van der Waals surface area contributed by atoms with Gasteiger partial charge in [-0.2, -0.15) is 0 Å². The number of carbonyl (C=O) groups excluding carboxylic acids is 2. The molecule has 0 radical (unpaired) electrons. The molecule has 168 valence electrons. The minimum atomic E-state index is -4.12. The summed E-state index contributed by atoms with van der Waals surface area (Å²) in [5, 5.41) is 2.87. The Morgan fingerprint density at radius 3 is 2.33 bits per heavy atom. The lowest BCUT2D eigenvalue weighted by atomic mass is 10.1. The zero-order valence-corrected chi connectivity index (χ0v) is 18.9. The largest absolute Gasteiger partial charge is 0.465 e. The highest BCUT2D eigenvalue weighted by molar-refractivity contribution is 7.97. The molecule has 0 saturated carbocycles. The number of aryl methyl sites for hydroxylation is 1. The first-order valence-electron chi connectivity index (χ1n) is 10.2. The molecule has 0 aliphatic carbocycles. The van der Waals surface area contributed by atoms with Crippen molar-refractivity contribution in [2.75, 3.05) is 16.7 Å². The second-order valence-corrected chi connectivity index (χ2v) is 9.40. The van der Waals surface area contributed by atoms with E-state index in [1.165, 1.54) is 17.6 Å². The normalized spacial score (nSPS) is 15.8. The minimum Gasteiger partial charge on any atom is -0.465 e. The predicted octanol–water partition coefficient (Wildman–Crippen LogP) is 4.27. The molecule has 0 bridgehead atoms. The topological polar surface area (TPSA) is 92.8 Å². The maximum Gasteiger partial charge on any atom is 0.337 e. The Bertz CT molecular complexity index is 1340. The summed E-state index contributed by atoms with van der Waals surface area (Å²) in [5.74, 6) is -1.06. The number of rotatable bonds is 5. The first-order valence-corrected chi connectivity index (χ1v) is 11.6. The molecule has 7 nitrogen and oxygen atoms in total. The first-order chi connectivity index (χ1) is 15.8. The molecule has 1 aliphatic heterocycles. The maximum absolute atomic E-state index is 13.5. The van der Waals surface area contributed by atoms with Gasteiger partial charge in [-0.05, 0) is 48.9 Å². The molecule has 0 fully saturated rings. The van der Waals surface area contributed by atoms with Gasteiger partial charge in [-0.1, -0.05) is 42.0 Å². The summed E-state index contributed by atoms with van der Waals surface area (Å²) < 4.78 is 32.9. The number of fused-ring (bicyclic) bond motifs is 1. The molecule has 33 heavy (non-hydrogen) atoms. The third-order valence-electron chi connectivity index (χ3n) is 5.33. The summed E-state index contributed by atoms with van der Waals surface area (Å²) in [6.07, 6.45) is 1.20. The number of sulfonamides is 1. The summed E-state index contributed by atoms with van der Waals surface area (Å²) >= 11 is 0. The maximum atomic E-state index is 13.5. The number of benzene rings is 3. The lowest BCUT2D eigenvalue weighted by Crippen LogP contribution is -2.39. The van der Waals surface area contributed by atoms with Crippen LogP contribution in [0.1, 0.15) is 31.8 Å². The number of nitrogens with zero attached hydrogens (tertiary/aromatic N) is 1. The zero-order valence-electron chi connectivity index (χ0n) is 18.1. The van der Waals surface area contributed by atoms with Crippen molar-refractivity contribution >= 4 is 33.2 Å². The fourth-order valence-electron chi connectivity index (χ4n) is 3.52. The Kier molecular flexibility index (Phi) is 6.02. The molecule has 1 N–H and O–H groups in total. The van der Waals surface area contributed by atoms with Crippen LogP contribution in [0.25, 0.3) is 0 Å². The number of esters is 1. The second kappa shape index (κ2) is 8.91. The molecule has 0 atom stereocenters. The monoisotopic (exact) mass is 462 g/mol. The van der Waals surface area contributed by atoms with Crippen LogP contribution in [0, 0.1) is 6.92 Å². The Morgan fingerprint density at radius 1 is 1.00 bits per heavy atom. The SMILES string of the molecule is COC(=O)c1ccc(N/C=C2\C(=O)c3ccccc3N(Cc3ccc(C)cc3)S2(=O)=O)cc1. The number of ketones is 1. The number of anilines is 2. The summed E-state index contributed by atoms with van der Waals surface area (Å²) in [5.41, 5.74) is 3.41. The Balaban J connectivity index is 1.70. The summed E-state index contributed by atoms with van der Waals surface area (Å²) in [4.78, 5) is 24.3.